The highest BCUT2D eigenvalue weighted by atomic mass is 16.4. The molecule has 12 heavy (non-hydrogen) atoms. The smallest absolute Gasteiger partial charge is 0.110 e. The van der Waals surface area contributed by atoms with Crippen LogP contribution < -0.4 is 0 Å². The van der Waals surface area contributed by atoms with Crippen LogP contribution in [0.25, 0.3) is 0 Å². The lowest BCUT2D eigenvalue weighted by Gasteiger charge is -2.22. The highest BCUT2D eigenvalue weighted by Crippen LogP contribution is 2.04. The van der Waals surface area contributed by atoms with Crippen molar-refractivity contribution in [3.63, 3.8) is 0 Å². The Hall–Kier alpha value is -0.560. The van der Waals surface area contributed by atoms with Gasteiger partial charge in [0.15, 0.2) is 0 Å². The molecule has 0 fully saturated rings. The molecule has 0 radical (unpaired) electrons. The Morgan fingerprint density at radius 3 is 2.00 bits per heavy atom. The molecular formula is C6H13NO5. The summed E-state index contributed by atoms with van der Waals surface area (Å²) < 4.78 is 0. The molecule has 6 nitrogen and oxygen atoms in total. The second kappa shape index (κ2) is 5.15. The molecule has 6 heteroatoms. The van der Waals surface area contributed by atoms with E-state index in [0.717, 1.165) is 0 Å². The maximum atomic E-state index is 9.65. The van der Waals surface area contributed by atoms with E-state index in [1.165, 1.54) is 6.92 Å². The van der Waals surface area contributed by atoms with Crippen molar-refractivity contribution in [1.29, 1.82) is 0 Å². The zero-order valence-corrected chi connectivity index (χ0v) is 6.66. The van der Waals surface area contributed by atoms with E-state index < -0.39 is 31.0 Å². The topological polar surface area (TPSA) is 110 Å². The van der Waals surface area contributed by atoms with Crippen LogP contribution in [-0.2, 0) is 0 Å². The molecule has 0 aliphatic heterocycles. The molecule has 0 heterocycles. The minimum Gasteiger partial charge on any atom is -0.391 e. The van der Waals surface area contributed by atoms with Crippen LogP contribution in [0.4, 0.5) is 0 Å². The number of nitrogens with zero attached hydrogens (tertiary/aromatic N) is 1. The summed E-state index contributed by atoms with van der Waals surface area (Å²) in [5.41, 5.74) is 0. The average molecular weight is 179 g/mol. The van der Waals surface area contributed by atoms with Gasteiger partial charge in [0.05, 0.1) is 6.10 Å². The third-order valence-electron chi connectivity index (χ3n) is 1.50. The Bertz CT molecular complexity index is 140. The summed E-state index contributed by atoms with van der Waals surface area (Å²) >= 11 is 0. The Labute approximate surface area is 69.4 Å². The average Bonchev–Trinajstić information content (AvgIpc) is 2.02. The molecule has 4 atom stereocenters. The van der Waals surface area contributed by atoms with Gasteiger partial charge in [-0.1, -0.05) is 5.18 Å². The van der Waals surface area contributed by atoms with Crippen LogP contribution in [0.2, 0.25) is 0 Å². The fraction of sp³-hybridized carbons (Fsp3) is 1.00. The summed E-state index contributed by atoms with van der Waals surface area (Å²) in [5.74, 6) is 0. The van der Waals surface area contributed by atoms with Gasteiger partial charge in [-0.15, -0.1) is 0 Å². The summed E-state index contributed by atoms with van der Waals surface area (Å²) in [6.45, 7) is 0.750. The highest BCUT2D eigenvalue weighted by Gasteiger charge is 2.27. The Morgan fingerprint density at radius 2 is 1.67 bits per heavy atom. The molecule has 0 aliphatic rings. The summed E-state index contributed by atoms with van der Waals surface area (Å²) in [6.07, 6.45) is -5.63. The first-order valence-corrected chi connectivity index (χ1v) is 3.52. The van der Waals surface area contributed by atoms with E-state index in [2.05, 4.69) is 5.18 Å². The Balaban J connectivity index is 3.98. The maximum absolute atomic E-state index is 9.65. The van der Waals surface area contributed by atoms with Crippen LogP contribution in [0.5, 0.6) is 0 Å². The molecule has 72 valence electrons. The molecule has 0 rings (SSSR count). The quantitative estimate of drug-likeness (QED) is 0.373. The molecule has 0 aromatic rings. The number of rotatable bonds is 5. The van der Waals surface area contributed by atoms with Gasteiger partial charge in [-0.3, -0.25) is 0 Å². The molecule has 0 aromatic heterocycles. The van der Waals surface area contributed by atoms with Gasteiger partial charge in [0, 0.05) is 0 Å². The summed E-state index contributed by atoms with van der Waals surface area (Å²) in [6, 6.07) is 0. The Morgan fingerprint density at radius 1 is 1.17 bits per heavy atom. The molecule has 0 bridgehead atoms. The molecule has 0 aromatic carbocycles. The molecular weight excluding hydrogens is 166 g/mol. The standard InChI is InChI=1S/C6H13NO5/c1-3(8)5(10)6(11)4(9)2-7-12/h3-6,8-11H,2H2,1H3. The second-order valence-electron chi connectivity index (χ2n) is 2.60. The van der Waals surface area contributed by atoms with Gasteiger partial charge in [0.2, 0.25) is 0 Å². The fourth-order valence-electron chi connectivity index (χ4n) is 0.697. The normalized spacial score (nSPS) is 21.1. The Kier molecular flexibility index (Phi) is 4.91. The van der Waals surface area contributed by atoms with Crippen LogP contribution >= 0.6 is 0 Å². The van der Waals surface area contributed by atoms with Gasteiger partial charge in [-0.05, 0) is 6.92 Å². The minimum absolute atomic E-state index is 0.509. The van der Waals surface area contributed by atoms with Crippen molar-refractivity contribution in [2.45, 2.75) is 31.3 Å². The van der Waals surface area contributed by atoms with E-state index in [-0.39, 0.29) is 0 Å². The minimum atomic E-state index is -1.55. The van der Waals surface area contributed by atoms with Crippen molar-refractivity contribution in [1.82, 2.24) is 0 Å². The summed E-state index contributed by atoms with van der Waals surface area (Å²) in [5, 5.41) is 38.1. The molecule has 0 saturated heterocycles. The van der Waals surface area contributed by atoms with E-state index in [1.54, 1.807) is 0 Å². The van der Waals surface area contributed by atoms with Crippen molar-refractivity contribution in [2.24, 2.45) is 5.18 Å². The fourth-order valence-corrected chi connectivity index (χ4v) is 0.697. The number of aliphatic hydroxyl groups excluding tert-OH is 4. The van der Waals surface area contributed by atoms with Crippen molar-refractivity contribution in [3.8, 4) is 0 Å². The van der Waals surface area contributed by atoms with Crippen LogP contribution in [0.15, 0.2) is 5.18 Å². The molecule has 0 spiro atoms. The lowest BCUT2D eigenvalue weighted by molar-refractivity contribution is -0.0968. The third kappa shape index (κ3) is 3.22. The lowest BCUT2D eigenvalue weighted by Crippen LogP contribution is -2.44. The van der Waals surface area contributed by atoms with Gasteiger partial charge >= 0.3 is 0 Å². The predicted molar refractivity (Wildman–Crippen MR) is 40.4 cm³/mol. The lowest BCUT2D eigenvalue weighted by atomic mass is 10.0. The number of hydrogen-bond donors (Lipinski definition) is 4. The first-order chi connectivity index (χ1) is 5.50. The summed E-state index contributed by atoms with van der Waals surface area (Å²) in [4.78, 5) is 9.65. The monoisotopic (exact) mass is 179 g/mol. The second-order valence-corrected chi connectivity index (χ2v) is 2.60. The molecule has 0 saturated carbocycles. The first-order valence-electron chi connectivity index (χ1n) is 3.52. The van der Waals surface area contributed by atoms with Crippen molar-refractivity contribution in [3.05, 3.63) is 4.91 Å². The zero-order valence-electron chi connectivity index (χ0n) is 6.66. The van der Waals surface area contributed by atoms with Crippen molar-refractivity contribution < 1.29 is 20.4 Å². The molecule has 4 N–H and O–H groups in total. The van der Waals surface area contributed by atoms with Gasteiger partial charge in [-0.2, -0.15) is 4.91 Å². The number of aliphatic hydroxyl groups is 4. The third-order valence-corrected chi connectivity index (χ3v) is 1.50. The van der Waals surface area contributed by atoms with E-state index in [9.17, 15) is 4.91 Å². The maximum Gasteiger partial charge on any atom is 0.110 e. The van der Waals surface area contributed by atoms with E-state index in [4.69, 9.17) is 20.4 Å². The van der Waals surface area contributed by atoms with Crippen LogP contribution in [0, 0.1) is 4.91 Å². The van der Waals surface area contributed by atoms with Gasteiger partial charge in [0.1, 0.15) is 24.9 Å². The van der Waals surface area contributed by atoms with Gasteiger partial charge in [0.25, 0.3) is 0 Å². The van der Waals surface area contributed by atoms with Crippen LogP contribution in [0.3, 0.4) is 0 Å². The van der Waals surface area contributed by atoms with E-state index in [0.29, 0.717) is 0 Å². The zero-order chi connectivity index (χ0) is 9.72. The number of nitroso groups, excluding NO2 is 1. The highest BCUT2D eigenvalue weighted by molar-refractivity contribution is 4.79. The van der Waals surface area contributed by atoms with Gasteiger partial charge < -0.3 is 20.4 Å². The van der Waals surface area contributed by atoms with Crippen molar-refractivity contribution >= 4 is 0 Å². The first kappa shape index (κ1) is 11.4. The largest absolute Gasteiger partial charge is 0.391 e. The van der Waals surface area contributed by atoms with Crippen LogP contribution in [-0.4, -0.2) is 51.4 Å². The molecule has 0 aliphatic carbocycles. The summed E-state index contributed by atoms with van der Waals surface area (Å²) in [7, 11) is 0. The van der Waals surface area contributed by atoms with Crippen LogP contribution in [0.1, 0.15) is 6.92 Å². The molecule has 4 unspecified atom stereocenters. The SMILES string of the molecule is CC(O)C(O)C(O)C(O)CN=O. The number of hydrogen-bond acceptors (Lipinski definition) is 6. The van der Waals surface area contributed by atoms with Crippen molar-refractivity contribution in [2.75, 3.05) is 6.54 Å². The van der Waals surface area contributed by atoms with Gasteiger partial charge in [-0.25, -0.2) is 0 Å². The van der Waals surface area contributed by atoms with E-state index in [1.807, 2.05) is 0 Å². The molecule has 0 amide bonds. The predicted octanol–water partition coefficient (Wildman–Crippen LogP) is -1.78. The van der Waals surface area contributed by atoms with E-state index >= 15 is 0 Å².